The van der Waals surface area contributed by atoms with E-state index in [1.807, 2.05) is 12.1 Å². The molecule has 0 radical (unpaired) electrons. The van der Waals surface area contributed by atoms with Crippen LogP contribution < -0.4 is 23.4 Å². The summed E-state index contributed by atoms with van der Waals surface area (Å²) in [5, 5.41) is 4.00. The highest BCUT2D eigenvalue weighted by Gasteiger charge is 2.45. The van der Waals surface area contributed by atoms with E-state index in [1.54, 1.807) is 43.5 Å². The molecule has 4 rings (SSSR count). The van der Waals surface area contributed by atoms with Gasteiger partial charge in [-0.05, 0) is 65.7 Å². The largest absolute Gasteiger partial charge is 0.541 e. The predicted octanol–water partition coefficient (Wildman–Crippen LogP) is 6.75. The van der Waals surface area contributed by atoms with Gasteiger partial charge in [-0.2, -0.15) is 0 Å². The molecule has 11 heteroatoms. The predicted molar refractivity (Wildman–Crippen MR) is 165 cm³/mol. The zero-order chi connectivity index (χ0) is 30.9. The number of benzene rings is 3. The lowest BCUT2D eigenvalue weighted by molar-refractivity contribution is 0.0760. The molecule has 0 saturated carbocycles. The SMILES string of the molecule is COc1ccc([C@H]2ON=C(S(=O)(=O)c3ccccc3)[C@@H]2c2cc(OC)c(OC)c(OC)c2)cc1O[Si](C)(C)C(C)(C)C. The van der Waals surface area contributed by atoms with Gasteiger partial charge in [0.1, 0.15) is 5.75 Å². The van der Waals surface area contributed by atoms with E-state index in [1.165, 1.54) is 33.5 Å². The van der Waals surface area contributed by atoms with E-state index in [0.29, 0.717) is 39.9 Å². The Morgan fingerprint density at radius 3 is 1.86 bits per heavy atom. The fourth-order valence-corrected chi connectivity index (χ4v) is 7.03. The molecule has 9 nitrogen and oxygen atoms in total. The van der Waals surface area contributed by atoms with Crippen molar-refractivity contribution in [1.29, 1.82) is 0 Å². The van der Waals surface area contributed by atoms with Gasteiger partial charge in [0, 0.05) is 0 Å². The Bertz CT molecular complexity index is 1540. The van der Waals surface area contributed by atoms with Crippen LogP contribution in [0.2, 0.25) is 18.1 Å². The van der Waals surface area contributed by atoms with Gasteiger partial charge < -0.3 is 28.2 Å². The van der Waals surface area contributed by atoms with Crippen molar-refractivity contribution in [3.8, 4) is 28.7 Å². The third kappa shape index (κ3) is 5.80. The topological polar surface area (TPSA) is 102 Å². The first-order valence-corrected chi connectivity index (χ1v) is 17.9. The van der Waals surface area contributed by atoms with Gasteiger partial charge in [-0.1, -0.05) is 50.2 Å². The standard InChI is InChI=1S/C31H39NO8SSi/c1-31(2,3)42(8,9)40-24-17-20(15-16-23(24)35-4)28-27(21-18-25(36-5)29(38-7)26(19-21)37-6)30(32-39-28)41(33,34)22-13-11-10-12-14-22/h10-19,27-28H,1-9H3/t27-,28-/m1/s1. The minimum atomic E-state index is -4.04. The van der Waals surface area contributed by atoms with Crippen molar-refractivity contribution in [2.45, 2.75) is 55.8 Å². The van der Waals surface area contributed by atoms with Crippen LogP contribution in [0.1, 0.15) is 43.9 Å². The maximum atomic E-state index is 14.0. The first kappa shape index (κ1) is 31.2. The molecule has 0 saturated heterocycles. The van der Waals surface area contributed by atoms with E-state index in [9.17, 15) is 8.42 Å². The maximum Gasteiger partial charge on any atom is 0.250 e. The van der Waals surface area contributed by atoms with Gasteiger partial charge in [-0.25, -0.2) is 8.42 Å². The first-order chi connectivity index (χ1) is 19.8. The van der Waals surface area contributed by atoms with Crippen LogP contribution in [0.5, 0.6) is 28.7 Å². The van der Waals surface area contributed by atoms with E-state index >= 15 is 0 Å². The molecule has 3 aromatic rings. The molecule has 1 aliphatic heterocycles. The lowest BCUT2D eigenvalue weighted by Crippen LogP contribution is -2.44. The smallest absolute Gasteiger partial charge is 0.250 e. The van der Waals surface area contributed by atoms with Crippen LogP contribution >= 0.6 is 0 Å². The minimum Gasteiger partial charge on any atom is -0.541 e. The summed E-state index contributed by atoms with van der Waals surface area (Å²) in [5.41, 5.74) is 1.23. The molecule has 0 fully saturated rings. The maximum absolute atomic E-state index is 14.0. The molecule has 0 aromatic heterocycles. The van der Waals surface area contributed by atoms with Crippen molar-refractivity contribution in [2.24, 2.45) is 5.16 Å². The number of nitrogens with zero attached hydrogens (tertiary/aromatic N) is 1. The molecule has 0 amide bonds. The summed E-state index contributed by atoms with van der Waals surface area (Å²) in [6, 6.07) is 17.1. The summed E-state index contributed by atoms with van der Waals surface area (Å²) in [5.74, 6) is 1.43. The number of hydrogen-bond donors (Lipinski definition) is 0. The Morgan fingerprint density at radius 2 is 1.33 bits per heavy atom. The molecule has 3 aromatic carbocycles. The molecular weight excluding hydrogens is 574 g/mol. The highest BCUT2D eigenvalue weighted by molar-refractivity contribution is 8.06. The molecule has 42 heavy (non-hydrogen) atoms. The average Bonchev–Trinajstić information content (AvgIpc) is 3.42. The number of rotatable bonds is 9. The molecule has 1 heterocycles. The van der Waals surface area contributed by atoms with Crippen molar-refractivity contribution in [3.63, 3.8) is 0 Å². The second kappa shape index (κ2) is 11.9. The Hall–Kier alpha value is -3.70. The molecular formula is C31H39NO8SSi. The van der Waals surface area contributed by atoms with Crippen LogP contribution in [0.4, 0.5) is 0 Å². The van der Waals surface area contributed by atoms with Crippen molar-refractivity contribution in [1.82, 2.24) is 0 Å². The molecule has 0 spiro atoms. The summed E-state index contributed by atoms with van der Waals surface area (Å²) in [6.45, 7) is 10.8. The van der Waals surface area contributed by atoms with Crippen LogP contribution in [0.15, 0.2) is 70.7 Å². The number of hydrogen-bond acceptors (Lipinski definition) is 9. The molecule has 0 unspecified atom stereocenters. The first-order valence-electron chi connectivity index (χ1n) is 13.5. The Kier molecular flexibility index (Phi) is 8.84. The van der Waals surface area contributed by atoms with Crippen molar-refractivity contribution < 1.29 is 36.6 Å². The summed E-state index contributed by atoms with van der Waals surface area (Å²) in [6.07, 6.45) is -0.811. The third-order valence-electron chi connectivity index (χ3n) is 7.89. The Balaban J connectivity index is 1.90. The summed E-state index contributed by atoms with van der Waals surface area (Å²) >= 11 is 0. The van der Waals surface area contributed by atoms with Crippen LogP contribution in [-0.2, 0) is 14.7 Å². The number of methoxy groups -OCH3 is 4. The van der Waals surface area contributed by atoms with Gasteiger partial charge in [0.2, 0.25) is 15.6 Å². The molecule has 226 valence electrons. The monoisotopic (exact) mass is 613 g/mol. The molecule has 0 bridgehead atoms. The lowest BCUT2D eigenvalue weighted by atomic mass is 9.89. The van der Waals surface area contributed by atoms with Crippen LogP contribution in [0, 0.1) is 0 Å². The van der Waals surface area contributed by atoms with Gasteiger partial charge in [0.05, 0.1) is 39.3 Å². The summed E-state index contributed by atoms with van der Waals surface area (Å²) < 4.78 is 56.9. The summed E-state index contributed by atoms with van der Waals surface area (Å²) in [7, 11) is -0.178. The van der Waals surface area contributed by atoms with Crippen molar-refractivity contribution in [2.75, 3.05) is 28.4 Å². The Morgan fingerprint density at radius 1 is 0.762 bits per heavy atom. The zero-order valence-corrected chi connectivity index (χ0v) is 27.4. The highest BCUT2D eigenvalue weighted by atomic mass is 32.2. The number of oxime groups is 1. The second-order valence-electron chi connectivity index (χ2n) is 11.5. The van der Waals surface area contributed by atoms with Gasteiger partial charge in [0.15, 0.2) is 28.4 Å². The van der Waals surface area contributed by atoms with Gasteiger partial charge in [-0.3, -0.25) is 0 Å². The molecule has 2 atom stereocenters. The fraction of sp³-hybridized carbons (Fsp3) is 0.387. The van der Waals surface area contributed by atoms with Crippen LogP contribution in [-0.4, -0.2) is 50.2 Å². The third-order valence-corrected chi connectivity index (χ3v) is 14.0. The van der Waals surface area contributed by atoms with E-state index in [4.69, 9.17) is 28.2 Å². The van der Waals surface area contributed by atoms with Crippen LogP contribution in [0.25, 0.3) is 0 Å². The molecule has 0 N–H and O–H groups in total. The van der Waals surface area contributed by atoms with E-state index in [0.717, 1.165) is 0 Å². The quantitative estimate of drug-likeness (QED) is 0.244. The van der Waals surface area contributed by atoms with E-state index in [2.05, 4.69) is 39.0 Å². The molecule has 0 aliphatic carbocycles. The van der Waals surface area contributed by atoms with Crippen molar-refractivity contribution >= 4 is 23.2 Å². The van der Waals surface area contributed by atoms with E-state index in [-0.39, 0.29) is 15.0 Å². The average molecular weight is 614 g/mol. The second-order valence-corrected chi connectivity index (χ2v) is 18.1. The number of ether oxygens (including phenoxy) is 4. The minimum absolute atomic E-state index is 0.0589. The normalized spacial score (nSPS) is 17.2. The fourth-order valence-electron chi connectivity index (χ4n) is 4.52. The Labute approximate surface area is 249 Å². The van der Waals surface area contributed by atoms with E-state index < -0.39 is 30.2 Å². The van der Waals surface area contributed by atoms with Gasteiger partial charge in [0.25, 0.3) is 8.32 Å². The summed E-state index contributed by atoms with van der Waals surface area (Å²) in [4.78, 5) is 6.08. The van der Waals surface area contributed by atoms with Gasteiger partial charge >= 0.3 is 0 Å². The lowest BCUT2D eigenvalue weighted by Gasteiger charge is -2.37. The van der Waals surface area contributed by atoms with Gasteiger partial charge in [-0.15, -0.1) is 0 Å². The molecule has 1 aliphatic rings. The van der Waals surface area contributed by atoms with Crippen molar-refractivity contribution in [3.05, 3.63) is 71.8 Å². The number of sulfone groups is 1. The highest BCUT2D eigenvalue weighted by Crippen LogP contribution is 2.49. The zero-order valence-electron chi connectivity index (χ0n) is 25.5. The van der Waals surface area contributed by atoms with Crippen LogP contribution in [0.3, 0.4) is 0 Å².